The Hall–Kier alpha value is -3.62. The van der Waals surface area contributed by atoms with E-state index in [-0.39, 0.29) is 11.6 Å². The Morgan fingerprint density at radius 3 is 2.41 bits per heavy atom. The molecule has 0 radical (unpaired) electrons. The van der Waals surface area contributed by atoms with Crippen molar-refractivity contribution >= 4 is 23.2 Å². The highest BCUT2D eigenvalue weighted by Crippen LogP contribution is 2.18. The molecule has 1 fully saturated rings. The fraction of sp³-hybridized carbons (Fsp3) is 0.200. The summed E-state index contributed by atoms with van der Waals surface area (Å²) in [7, 11) is 0. The number of anilines is 3. The predicted octanol–water partition coefficient (Wildman–Crippen LogP) is 2.86. The van der Waals surface area contributed by atoms with Crippen molar-refractivity contribution in [3.63, 3.8) is 0 Å². The molecular weight excluding hydrogens is 378 g/mol. The minimum absolute atomic E-state index is 0.197. The summed E-state index contributed by atoms with van der Waals surface area (Å²) in [6.07, 6.45) is 4.51. The lowest BCUT2D eigenvalue weighted by molar-refractivity contribution is 0.0740. The zero-order valence-corrected chi connectivity index (χ0v) is 15.4. The zero-order chi connectivity index (χ0) is 20.2. The second-order valence-corrected chi connectivity index (χ2v) is 6.51. The average molecular weight is 396 g/mol. The van der Waals surface area contributed by atoms with Gasteiger partial charge >= 0.3 is 0 Å². The number of nitrogens with one attached hydrogen (secondary N) is 1. The van der Waals surface area contributed by atoms with Crippen LogP contribution < -0.4 is 10.2 Å². The van der Waals surface area contributed by atoms with Crippen molar-refractivity contribution in [1.82, 2.24) is 19.9 Å². The molecule has 0 atom stereocenters. The van der Waals surface area contributed by atoms with Crippen molar-refractivity contribution < 1.29 is 13.6 Å². The minimum Gasteiger partial charge on any atom is -0.353 e. The Morgan fingerprint density at radius 2 is 1.76 bits per heavy atom. The Bertz CT molecular complexity index is 992. The number of halogens is 2. The lowest BCUT2D eigenvalue weighted by Crippen LogP contribution is -2.49. The van der Waals surface area contributed by atoms with Gasteiger partial charge in [-0.05, 0) is 24.3 Å². The van der Waals surface area contributed by atoms with Crippen molar-refractivity contribution in [3.05, 3.63) is 72.3 Å². The first kappa shape index (κ1) is 18.7. The van der Waals surface area contributed by atoms with E-state index in [1.165, 1.54) is 18.5 Å². The van der Waals surface area contributed by atoms with Crippen molar-refractivity contribution in [2.75, 3.05) is 36.4 Å². The maximum Gasteiger partial charge on any atom is 0.274 e. The van der Waals surface area contributed by atoms with Gasteiger partial charge in [-0.15, -0.1) is 0 Å². The number of aromatic nitrogens is 3. The Balaban J connectivity index is 1.36. The number of amides is 1. The first-order chi connectivity index (χ1) is 14.1. The monoisotopic (exact) mass is 396 g/mol. The third kappa shape index (κ3) is 4.29. The molecule has 1 saturated heterocycles. The molecule has 0 saturated carbocycles. The van der Waals surface area contributed by atoms with Gasteiger partial charge in [0, 0.05) is 44.1 Å². The molecule has 7 nitrogen and oxygen atoms in total. The van der Waals surface area contributed by atoms with Crippen LogP contribution in [-0.2, 0) is 0 Å². The van der Waals surface area contributed by atoms with Crippen molar-refractivity contribution in [2.45, 2.75) is 0 Å². The second-order valence-electron chi connectivity index (χ2n) is 6.51. The maximum absolute atomic E-state index is 13.3. The number of carbonyl (C=O) groups excluding carboxylic acids is 1. The summed E-state index contributed by atoms with van der Waals surface area (Å²) in [5.41, 5.74) is 0.565. The van der Waals surface area contributed by atoms with Gasteiger partial charge in [-0.2, -0.15) is 0 Å². The molecule has 3 aromatic rings. The number of rotatable bonds is 4. The topological polar surface area (TPSA) is 74.2 Å². The highest BCUT2D eigenvalue weighted by molar-refractivity contribution is 5.92. The highest BCUT2D eigenvalue weighted by atomic mass is 19.2. The largest absolute Gasteiger partial charge is 0.353 e. The normalized spacial score (nSPS) is 14.0. The van der Waals surface area contributed by atoms with E-state index >= 15 is 0 Å². The van der Waals surface area contributed by atoms with Gasteiger partial charge in [0.2, 0.25) is 0 Å². The molecular formula is C20H18F2N6O. The molecule has 0 spiro atoms. The molecule has 3 heterocycles. The van der Waals surface area contributed by atoms with Crippen molar-refractivity contribution in [1.29, 1.82) is 0 Å². The van der Waals surface area contributed by atoms with Gasteiger partial charge in [-0.3, -0.25) is 4.79 Å². The molecule has 148 valence electrons. The number of nitrogens with zero attached hydrogens (tertiary/aromatic N) is 5. The zero-order valence-electron chi connectivity index (χ0n) is 15.4. The first-order valence-corrected chi connectivity index (χ1v) is 9.09. The number of pyridine rings is 1. The van der Waals surface area contributed by atoms with Gasteiger partial charge in [0.15, 0.2) is 11.6 Å². The molecule has 1 aliphatic rings. The van der Waals surface area contributed by atoms with Gasteiger partial charge in [-0.1, -0.05) is 6.07 Å². The van der Waals surface area contributed by atoms with E-state index in [0.717, 1.165) is 18.0 Å². The third-order valence-electron chi connectivity index (χ3n) is 4.60. The summed E-state index contributed by atoms with van der Waals surface area (Å²) in [6.45, 7) is 2.50. The van der Waals surface area contributed by atoms with Crippen molar-refractivity contribution in [3.8, 4) is 0 Å². The maximum atomic E-state index is 13.3. The lowest BCUT2D eigenvalue weighted by Gasteiger charge is -2.35. The average Bonchev–Trinajstić information content (AvgIpc) is 2.77. The fourth-order valence-corrected chi connectivity index (χ4v) is 3.07. The van der Waals surface area contributed by atoms with E-state index in [1.807, 2.05) is 18.2 Å². The fourth-order valence-electron chi connectivity index (χ4n) is 3.07. The quantitative estimate of drug-likeness (QED) is 0.731. The third-order valence-corrected chi connectivity index (χ3v) is 4.60. The number of hydrogen-bond donors (Lipinski definition) is 1. The number of benzene rings is 1. The number of piperazine rings is 1. The molecule has 0 unspecified atom stereocenters. The molecule has 0 aliphatic carbocycles. The Kier molecular flexibility index (Phi) is 5.28. The molecule has 9 heteroatoms. The molecule has 4 rings (SSSR count). The molecule has 1 amide bonds. The first-order valence-electron chi connectivity index (χ1n) is 9.09. The van der Waals surface area contributed by atoms with E-state index in [9.17, 15) is 13.6 Å². The summed E-state index contributed by atoms with van der Waals surface area (Å²) in [4.78, 5) is 29.2. The van der Waals surface area contributed by atoms with Gasteiger partial charge in [-0.25, -0.2) is 23.7 Å². The van der Waals surface area contributed by atoms with Crippen LogP contribution >= 0.6 is 0 Å². The molecule has 2 aromatic heterocycles. The summed E-state index contributed by atoms with van der Waals surface area (Å²) in [5, 5.41) is 2.82. The van der Waals surface area contributed by atoms with Crippen molar-refractivity contribution in [2.24, 2.45) is 0 Å². The summed E-state index contributed by atoms with van der Waals surface area (Å²) in [6, 6.07) is 9.19. The van der Waals surface area contributed by atoms with Crippen LogP contribution in [0.5, 0.6) is 0 Å². The van der Waals surface area contributed by atoms with Gasteiger partial charge in [0.05, 0.1) is 12.4 Å². The molecule has 1 N–H and O–H groups in total. The van der Waals surface area contributed by atoms with Crippen LogP contribution in [0.25, 0.3) is 0 Å². The molecule has 1 aromatic carbocycles. The smallest absolute Gasteiger partial charge is 0.274 e. The SMILES string of the molecule is O=C(c1cnc(Nc2ccc(F)c(F)c2)cn1)N1CCN(c2ccccn2)CC1. The number of hydrogen-bond acceptors (Lipinski definition) is 6. The number of carbonyl (C=O) groups is 1. The van der Waals surface area contributed by atoms with Crippen LogP contribution in [0.3, 0.4) is 0 Å². The van der Waals surface area contributed by atoms with Crippen LogP contribution in [0.4, 0.5) is 26.1 Å². The minimum atomic E-state index is -0.959. The highest BCUT2D eigenvalue weighted by Gasteiger charge is 2.23. The molecule has 29 heavy (non-hydrogen) atoms. The van der Waals surface area contributed by atoms with Crippen LogP contribution in [-0.4, -0.2) is 51.9 Å². The van der Waals surface area contributed by atoms with E-state index in [2.05, 4.69) is 25.2 Å². The summed E-state index contributed by atoms with van der Waals surface area (Å²) >= 11 is 0. The predicted molar refractivity (Wildman–Crippen MR) is 104 cm³/mol. The second kappa shape index (κ2) is 8.17. The lowest BCUT2D eigenvalue weighted by atomic mass is 10.2. The van der Waals surface area contributed by atoms with Gasteiger partial charge < -0.3 is 15.1 Å². The van der Waals surface area contributed by atoms with E-state index in [4.69, 9.17) is 0 Å². The summed E-state index contributed by atoms with van der Waals surface area (Å²) < 4.78 is 26.3. The summed E-state index contributed by atoms with van der Waals surface area (Å²) in [5.74, 6) is -0.859. The van der Waals surface area contributed by atoms with Crippen LogP contribution in [0.15, 0.2) is 55.0 Å². The van der Waals surface area contributed by atoms with E-state index in [0.29, 0.717) is 37.7 Å². The Labute approximate surface area is 166 Å². The van der Waals surface area contributed by atoms with Gasteiger partial charge in [0.1, 0.15) is 17.3 Å². The van der Waals surface area contributed by atoms with E-state index in [1.54, 1.807) is 11.1 Å². The Morgan fingerprint density at radius 1 is 0.931 bits per heavy atom. The van der Waals surface area contributed by atoms with Crippen LogP contribution in [0.2, 0.25) is 0 Å². The van der Waals surface area contributed by atoms with Crippen LogP contribution in [0.1, 0.15) is 10.5 Å². The molecule has 1 aliphatic heterocycles. The van der Waals surface area contributed by atoms with Crippen LogP contribution in [0, 0.1) is 11.6 Å². The standard InChI is InChI=1S/C20H18F2N6O/c21-15-5-4-14(11-16(15)22)26-18-13-24-17(12-25-18)20(29)28-9-7-27(8-10-28)19-3-1-2-6-23-19/h1-6,11-13H,7-10H2,(H,25,26). The van der Waals surface area contributed by atoms with E-state index < -0.39 is 11.6 Å². The molecule has 0 bridgehead atoms. The van der Waals surface area contributed by atoms with Gasteiger partial charge in [0.25, 0.3) is 5.91 Å².